The maximum Gasteiger partial charge on any atom is 0.237 e. The lowest BCUT2D eigenvalue weighted by atomic mass is 9.97. The van der Waals surface area contributed by atoms with Crippen LogP contribution in [0.25, 0.3) is 11.4 Å². The first-order valence-corrected chi connectivity index (χ1v) is 11.0. The summed E-state index contributed by atoms with van der Waals surface area (Å²) in [4.78, 5) is 19.2. The third kappa shape index (κ3) is 4.24. The van der Waals surface area contributed by atoms with Gasteiger partial charge in [0.25, 0.3) is 0 Å². The summed E-state index contributed by atoms with van der Waals surface area (Å²) < 4.78 is 7.27. The number of methoxy groups -OCH3 is 1. The third-order valence-electron chi connectivity index (χ3n) is 5.29. The van der Waals surface area contributed by atoms with Crippen molar-refractivity contribution in [2.24, 2.45) is 0 Å². The molecule has 8 heteroatoms. The van der Waals surface area contributed by atoms with Crippen molar-refractivity contribution in [3.05, 3.63) is 54.4 Å². The van der Waals surface area contributed by atoms with E-state index < -0.39 is 0 Å². The Hall–Kier alpha value is -2.71. The molecule has 3 aromatic rings. The van der Waals surface area contributed by atoms with Crippen molar-refractivity contribution in [1.29, 1.82) is 0 Å². The first kappa shape index (κ1) is 20.6. The van der Waals surface area contributed by atoms with E-state index in [1.807, 2.05) is 39.8 Å². The van der Waals surface area contributed by atoms with Gasteiger partial charge in [-0.25, -0.2) is 0 Å². The number of anilines is 1. The normalized spacial score (nSPS) is 15.8. The molecule has 2 aromatic heterocycles. The zero-order valence-corrected chi connectivity index (χ0v) is 18.0. The predicted molar refractivity (Wildman–Crippen MR) is 118 cm³/mol. The van der Waals surface area contributed by atoms with Gasteiger partial charge in [0.1, 0.15) is 0 Å². The Morgan fingerprint density at radius 2 is 2.00 bits per heavy atom. The van der Waals surface area contributed by atoms with Crippen molar-refractivity contribution in [2.45, 2.75) is 37.5 Å². The summed E-state index contributed by atoms with van der Waals surface area (Å²) in [6.45, 7) is 3.26. The maximum atomic E-state index is 13.2. The number of carbonyl (C=O) groups excluding carboxylic acids is 1. The van der Waals surface area contributed by atoms with E-state index in [0.717, 1.165) is 29.9 Å². The monoisotopic (exact) mass is 423 g/mol. The highest BCUT2D eigenvalue weighted by molar-refractivity contribution is 7.99. The lowest BCUT2D eigenvalue weighted by molar-refractivity contribution is -0.116. The molecule has 1 aliphatic rings. The van der Waals surface area contributed by atoms with Crippen LogP contribution in [0.2, 0.25) is 0 Å². The van der Waals surface area contributed by atoms with Crippen LogP contribution in [0.4, 0.5) is 5.69 Å². The number of amides is 1. The average molecular weight is 424 g/mol. The number of aromatic nitrogens is 4. The van der Waals surface area contributed by atoms with E-state index in [4.69, 9.17) is 4.74 Å². The number of benzene rings is 1. The van der Waals surface area contributed by atoms with Crippen molar-refractivity contribution in [3.8, 4) is 11.4 Å². The van der Waals surface area contributed by atoms with Crippen LogP contribution in [0, 0.1) is 0 Å². The molecular weight excluding hydrogens is 398 g/mol. The van der Waals surface area contributed by atoms with Gasteiger partial charge in [0, 0.05) is 36.8 Å². The fourth-order valence-electron chi connectivity index (χ4n) is 3.76. The summed E-state index contributed by atoms with van der Waals surface area (Å²) in [6, 6.07) is 12.2. The van der Waals surface area contributed by atoms with Gasteiger partial charge in [0.05, 0.1) is 18.9 Å². The summed E-state index contributed by atoms with van der Waals surface area (Å²) >= 11 is 1.42. The summed E-state index contributed by atoms with van der Waals surface area (Å²) in [5, 5.41) is 9.43. The van der Waals surface area contributed by atoms with Crippen LogP contribution in [0.5, 0.6) is 0 Å². The molecular formula is C22H25N5O2S. The standard InChI is InChI=1S/C22H25N5O2S/c1-16-7-8-17-5-3-4-6-19(17)27(16)20(28)15-30-22-25-24-21(26(22)13-14-29-2)18-9-11-23-12-10-18/h3-6,9-12,16H,7-8,13-15H2,1-2H3. The first-order chi connectivity index (χ1) is 14.7. The molecule has 156 valence electrons. The van der Waals surface area contributed by atoms with Gasteiger partial charge in [0.2, 0.25) is 5.91 Å². The number of para-hydroxylation sites is 1. The number of hydrogen-bond acceptors (Lipinski definition) is 6. The highest BCUT2D eigenvalue weighted by Crippen LogP contribution is 2.32. The average Bonchev–Trinajstić information content (AvgIpc) is 3.19. The van der Waals surface area contributed by atoms with Crippen molar-refractivity contribution in [1.82, 2.24) is 19.7 Å². The third-order valence-corrected chi connectivity index (χ3v) is 6.24. The zero-order chi connectivity index (χ0) is 20.9. The lowest BCUT2D eigenvalue weighted by Gasteiger charge is -2.35. The SMILES string of the molecule is COCCn1c(SCC(=O)N2c3ccccc3CCC2C)nnc1-c1ccncc1. The van der Waals surface area contributed by atoms with E-state index in [9.17, 15) is 4.79 Å². The van der Waals surface area contributed by atoms with Crippen LogP contribution in [-0.2, 0) is 22.5 Å². The number of thioether (sulfide) groups is 1. The molecule has 0 saturated heterocycles. The van der Waals surface area contributed by atoms with Crippen molar-refractivity contribution in [2.75, 3.05) is 24.4 Å². The van der Waals surface area contributed by atoms with E-state index in [0.29, 0.717) is 24.1 Å². The highest BCUT2D eigenvalue weighted by atomic mass is 32.2. The molecule has 3 heterocycles. The van der Waals surface area contributed by atoms with E-state index in [1.54, 1.807) is 19.5 Å². The van der Waals surface area contributed by atoms with Gasteiger partial charge in [-0.1, -0.05) is 30.0 Å². The Morgan fingerprint density at radius 3 is 2.80 bits per heavy atom. The Labute approximate surface area is 180 Å². The Balaban J connectivity index is 1.54. The van der Waals surface area contributed by atoms with Crippen LogP contribution >= 0.6 is 11.8 Å². The molecule has 1 aromatic carbocycles. The summed E-state index contributed by atoms with van der Waals surface area (Å²) in [7, 11) is 1.67. The Morgan fingerprint density at radius 1 is 1.20 bits per heavy atom. The largest absolute Gasteiger partial charge is 0.383 e. The molecule has 7 nitrogen and oxygen atoms in total. The molecule has 1 aliphatic heterocycles. The zero-order valence-electron chi connectivity index (χ0n) is 17.2. The second-order valence-electron chi connectivity index (χ2n) is 7.26. The van der Waals surface area contributed by atoms with Crippen molar-refractivity contribution < 1.29 is 9.53 Å². The summed E-state index contributed by atoms with van der Waals surface area (Å²) in [5.74, 6) is 1.15. The summed E-state index contributed by atoms with van der Waals surface area (Å²) in [6.07, 6.45) is 5.45. The Kier molecular flexibility index (Phi) is 6.44. The van der Waals surface area contributed by atoms with Gasteiger partial charge >= 0.3 is 0 Å². The number of rotatable bonds is 7. The number of carbonyl (C=O) groups is 1. The fourth-order valence-corrected chi connectivity index (χ4v) is 4.58. The summed E-state index contributed by atoms with van der Waals surface area (Å²) in [5.41, 5.74) is 3.20. The van der Waals surface area contributed by atoms with E-state index in [-0.39, 0.29) is 11.9 Å². The Bertz CT molecular complexity index is 1010. The van der Waals surface area contributed by atoms with E-state index in [1.165, 1.54) is 17.3 Å². The molecule has 1 unspecified atom stereocenters. The quantitative estimate of drug-likeness (QED) is 0.542. The van der Waals surface area contributed by atoms with Crippen molar-refractivity contribution >= 4 is 23.4 Å². The maximum absolute atomic E-state index is 13.2. The fraction of sp³-hybridized carbons (Fsp3) is 0.364. The van der Waals surface area contributed by atoms with Crippen LogP contribution in [-0.4, -0.2) is 51.2 Å². The number of ether oxygens (including phenoxy) is 1. The molecule has 0 aliphatic carbocycles. The highest BCUT2D eigenvalue weighted by Gasteiger charge is 2.28. The van der Waals surface area contributed by atoms with E-state index in [2.05, 4.69) is 28.2 Å². The van der Waals surface area contributed by atoms with Crippen LogP contribution in [0.3, 0.4) is 0 Å². The molecule has 30 heavy (non-hydrogen) atoms. The smallest absolute Gasteiger partial charge is 0.237 e. The van der Waals surface area contributed by atoms with Crippen LogP contribution < -0.4 is 4.90 Å². The number of hydrogen-bond donors (Lipinski definition) is 0. The van der Waals surface area contributed by atoms with Gasteiger partial charge in [-0.3, -0.25) is 14.3 Å². The minimum atomic E-state index is 0.0893. The van der Waals surface area contributed by atoms with Gasteiger partial charge in [-0.2, -0.15) is 0 Å². The molecule has 0 spiro atoms. The van der Waals surface area contributed by atoms with Gasteiger partial charge in [0.15, 0.2) is 11.0 Å². The molecule has 4 rings (SSSR count). The number of aryl methyl sites for hydroxylation is 1. The second kappa shape index (κ2) is 9.40. The molecule has 0 radical (unpaired) electrons. The van der Waals surface area contributed by atoms with Gasteiger partial charge in [-0.15, -0.1) is 10.2 Å². The number of fused-ring (bicyclic) bond motifs is 1. The molecule has 0 bridgehead atoms. The number of pyridine rings is 1. The number of nitrogens with zero attached hydrogens (tertiary/aromatic N) is 5. The molecule has 0 N–H and O–H groups in total. The second-order valence-corrected chi connectivity index (χ2v) is 8.20. The molecule has 1 amide bonds. The van der Waals surface area contributed by atoms with Crippen LogP contribution in [0.1, 0.15) is 18.9 Å². The van der Waals surface area contributed by atoms with Crippen molar-refractivity contribution in [3.63, 3.8) is 0 Å². The topological polar surface area (TPSA) is 73.1 Å². The van der Waals surface area contributed by atoms with Gasteiger partial charge < -0.3 is 9.64 Å². The minimum Gasteiger partial charge on any atom is -0.383 e. The minimum absolute atomic E-state index is 0.0893. The predicted octanol–water partition coefficient (Wildman–Crippen LogP) is 3.45. The molecule has 1 atom stereocenters. The molecule has 0 saturated carbocycles. The first-order valence-electron chi connectivity index (χ1n) is 10.0. The van der Waals surface area contributed by atoms with Gasteiger partial charge in [-0.05, 0) is 43.5 Å². The van der Waals surface area contributed by atoms with E-state index >= 15 is 0 Å². The lowest BCUT2D eigenvalue weighted by Crippen LogP contribution is -2.43. The molecule has 0 fully saturated rings. The van der Waals surface area contributed by atoms with Crippen LogP contribution in [0.15, 0.2) is 53.9 Å².